The van der Waals surface area contributed by atoms with Gasteiger partial charge in [0.1, 0.15) is 0 Å². The average molecular weight is 198 g/mol. The lowest BCUT2D eigenvalue weighted by atomic mass is 10.1. The van der Waals surface area contributed by atoms with Gasteiger partial charge in [0.05, 0.1) is 11.1 Å². The molecule has 0 aliphatic carbocycles. The molecule has 0 amide bonds. The van der Waals surface area contributed by atoms with Crippen molar-refractivity contribution in [1.82, 2.24) is 4.98 Å². The van der Waals surface area contributed by atoms with E-state index in [1.165, 1.54) is 18.4 Å². The Bertz CT molecular complexity index is 258. The second-order valence-electron chi connectivity index (χ2n) is 3.27. The number of rotatable bonds is 4. The van der Waals surface area contributed by atoms with Gasteiger partial charge in [-0.05, 0) is 31.4 Å². The number of unbranched alkanes of at least 4 members (excludes halogenated alkanes) is 1. The Labute approximate surface area is 85.1 Å². The van der Waals surface area contributed by atoms with Crippen molar-refractivity contribution in [2.75, 3.05) is 0 Å². The summed E-state index contributed by atoms with van der Waals surface area (Å²) in [6, 6.07) is 4.10. The van der Waals surface area contributed by atoms with Gasteiger partial charge in [-0.15, -0.1) is 11.6 Å². The fraction of sp³-hybridized carbons (Fsp3) is 0.545. The van der Waals surface area contributed by atoms with E-state index in [9.17, 15) is 0 Å². The van der Waals surface area contributed by atoms with Crippen molar-refractivity contribution >= 4 is 11.6 Å². The van der Waals surface area contributed by atoms with Gasteiger partial charge in [0.2, 0.25) is 0 Å². The fourth-order valence-electron chi connectivity index (χ4n) is 1.39. The Morgan fingerprint density at radius 3 is 2.92 bits per heavy atom. The SMILES string of the molecule is CCCCc1cccnc1C(C)Cl. The first-order valence-electron chi connectivity index (χ1n) is 4.83. The fourth-order valence-corrected chi connectivity index (χ4v) is 1.58. The summed E-state index contributed by atoms with van der Waals surface area (Å²) in [7, 11) is 0. The Morgan fingerprint density at radius 1 is 1.54 bits per heavy atom. The number of hydrogen-bond donors (Lipinski definition) is 0. The molecule has 72 valence electrons. The van der Waals surface area contributed by atoms with Gasteiger partial charge in [-0.2, -0.15) is 0 Å². The molecule has 1 heterocycles. The summed E-state index contributed by atoms with van der Waals surface area (Å²) in [6.07, 6.45) is 5.33. The molecule has 0 spiro atoms. The van der Waals surface area contributed by atoms with Gasteiger partial charge in [0, 0.05) is 6.20 Å². The Balaban J connectivity index is 2.78. The Hall–Kier alpha value is -0.560. The number of pyridine rings is 1. The molecule has 13 heavy (non-hydrogen) atoms. The highest BCUT2D eigenvalue weighted by Gasteiger charge is 2.07. The lowest BCUT2D eigenvalue weighted by molar-refractivity contribution is 0.777. The minimum absolute atomic E-state index is 0.0213. The molecule has 0 fully saturated rings. The number of aryl methyl sites for hydroxylation is 1. The quantitative estimate of drug-likeness (QED) is 0.671. The number of alkyl halides is 1. The van der Waals surface area contributed by atoms with E-state index in [0.717, 1.165) is 12.1 Å². The molecule has 0 aliphatic heterocycles. The van der Waals surface area contributed by atoms with Gasteiger partial charge in [-0.1, -0.05) is 19.4 Å². The number of nitrogens with zero attached hydrogens (tertiary/aromatic N) is 1. The minimum atomic E-state index is 0.0213. The molecule has 0 bridgehead atoms. The zero-order chi connectivity index (χ0) is 9.68. The Morgan fingerprint density at radius 2 is 2.31 bits per heavy atom. The molecular formula is C11H16ClN. The summed E-state index contributed by atoms with van der Waals surface area (Å²) >= 11 is 6.02. The highest BCUT2D eigenvalue weighted by molar-refractivity contribution is 6.20. The van der Waals surface area contributed by atoms with E-state index in [-0.39, 0.29) is 5.38 Å². The summed E-state index contributed by atoms with van der Waals surface area (Å²) in [5.74, 6) is 0. The average Bonchev–Trinajstić information content (AvgIpc) is 2.15. The van der Waals surface area contributed by atoms with Crippen LogP contribution in [0.3, 0.4) is 0 Å². The number of halogens is 1. The topological polar surface area (TPSA) is 12.9 Å². The normalized spacial score (nSPS) is 12.8. The standard InChI is InChI=1S/C11H16ClN/c1-3-4-6-10-7-5-8-13-11(10)9(2)12/h5,7-9H,3-4,6H2,1-2H3. The maximum absolute atomic E-state index is 6.02. The van der Waals surface area contributed by atoms with E-state index >= 15 is 0 Å². The molecule has 0 aromatic carbocycles. The van der Waals surface area contributed by atoms with Crippen molar-refractivity contribution in [3.8, 4) is 0 Å². The minimum Gasteiger partial charge on any atom is -0.259 e. The summed E-state index contributed by atoms with van der Waals surface area (Å²) in [4.78, 5) is 4.30. The molecule has 2 heteroatoms. The molecule has 0 radical (unpaired) electrons. The molecule has 0 N–H and O–H groups in total. The van der Waals surface area contributed by atoms with Crippen LogP contribution in [0.1, 0.15) is 43.3 Å². The second kappa shape index (κ2) is 5.23. The van der Waals surface area contributed by atoms with Crippen molar-refractivity contribution in [2.24, 2.45) is 0 Å². The van der Waals surface area contributed by atoms with Crippen molar-refractivity contribution in [1.29, 1.82) is 0 Å². The van der Waals surface area contributed by atoms with Crippen LogP contribution in [0, 0.1) is 0 Å². The van der Waals surface area contributed by atoms with Gasteiger partial charge in [0.25, 0.3) is 0 Å². The van der Waals surface area contributed by atoms with Crippen LogP contribution in [0.2, 0.25) is 0 Å². The molecule has 1 atom stereocenters. The lowest BCUT2D eigenvalue weighted by Crippen LogP contribution is -1.97. The van der Waals surface area contributed by atoms with Gasteiger partial charge >= 0.3 is 0 Å². The van der Waals surface area contributed by atoms with Crippen molar-refractivity contribution < 1.29 is 0 Å². The summed E-state index contributed by atoms with van der Waals surface area (Å²) in [5.41, 5.74) is 2.34. The van der Waals surface area contributed by atoms with Crippen LogP contribution in [0.5, 0.6) is 0 Å². The molecular weight excluding hydrogens is 182 g/mol. The van der Waals surface area contributed by atoms with Crippen LogP contribution in [-0.4, -0.2) is 4.98 Å². The molecule has 1 aromatic heterocycles. The largest absolute Gasteiger partial charge is 0.259 e. The van der Waals surface area contributed by atoms with Crippen LogP contribution in [0.4, 0.5) is 0 Å². The molecule has 1 rings (SSSR count). The summed E-state index contributed by atoms with van der Waals surface area (Å²) < 4.78 is 0. The van der Waals surface area contributed by atoms with E-state index in [2.05, 4.69) is 18.0 Å². The highest BCUT2D eigenvalue weighted by atomic mass is 35.5. The maximum Gasteiger partial charge on any atom is 0.0732 e. The van der Waals surface area contributed by atoms with Gasteiger partial charge in [0.15, 0.2) is 0 Å². The molecule has 1 unspecified atom stereocenters. The summed E-state index contributed by atoms with van der Waals surface area (Å²) in [6.45, 7) is 4.17. The smallest absolute Gasteiger partial charge is 0.0732 e. The van der Waals surface area contributed by atoms with E-state index in [4.69, 9.17) is 11.6 Å². The molecule has 1 aromatic rings. The molecule has 1 nitrogen and oxygen atoms in total. The second-order valence-corrected chi connectivity index (χ2v) is 3.92. The zero-order valence-electron chi connectivity index (χ0n) is 8.26. The van der Waals surface area contributed by atoms with Gasteiger partial charge < -0.3 is 0 Å². The molecule has 0 aliphatic rings. The molecule has 0 saturated carbocycles. The maximum atomic E-state index is 6.02. The number of aromatic nitrogens is 1. The van der Waals surface area contributed by atoms with E-state index < -0.39 is 0 Å². The Kier molecular flexibility index (Phi) is 4.23. The van der Waals surface area contributed by atoms with Crippen LogP contribution in [0.25, 0.3) is 0 Å². The first kappa shape index (κ1) is 10.5. The third-order valence-electron chi connectivity index (χ3n) is 2.10. The van der Waals surface area contributed by atoms with Crippen LogP contribution in [-0.2, 0) is 6.42 Å². The van der Waals surface area contributed by atoms with Crippen molar-refractivity contribution in [3.63, 3.8) is 0 Å². The predicted octanol–water partition coefficient (Wildman–Crippen LogP) is 3.72. The van der Waals surface area contributed by atoms with E-state index in [1.807, 2.05) is 19.2 Å². The van der Waals surface area contributed by atoms with E-state index in [1.54, 1.807) is 0 Å². The molecule has 0 saturated heterocycles. The monoisotopic (exact) mass is 197 g/mol. The predicted molar refractivity (Wildman–Crippen MR) is 57.1 cm³/mol. The highest BCUT2D eigenvalue weighted by Crippen LogP contribution is 2.21. The summed E-state index contributed by atoms with van der Waals surface area (Å²) in [5, 5.41) is 0.0213. The van der Waals surface area contributed by atoms with E-state index in [0.29, 0.717) is 0 Å². The van der Waals surface area contributed by atoms with Crippen molar-refractivity contribution in [2.45, 2.75) is 38.5 Å². The van der Waals surface area contributed by atoms with Gasteiger partial charge in [-0.3, -0.25) is 4.98 Å². The lowest BCUT2D eigenvalue weighted by Gasteiger charge is -2.08. The van der Waals surface area contributed by atoms with Crippen LogP contribution >= 0.6 is 11.6 Å². The third-order valence-corrected chi connectivity index (χ3v) is 2.31. The zero-order valence-corrected chi connectivity index (χ0v) is 9.01. The van der Waals surface area contributed by atoms with Crippen LogP contribution < -0.4 is 0 Å². The third kappa shape index (κ3) is 3.00. The van der Waals surface area contributed by atoms with Crippen molar-refractivity contribution in [3.05, 3.63) is 29.6 Å². The first-order chi connectivity index (χ1) is 6.25. The van der Waals surface area contributed by atoms with Crippen LogP contribution in [0.15, 0.2) is 18.3 Å². The number of hydrogen-bond acceptors (Lipinski definition) is 1. The first-order valence-corrected chi connectivity index (χ1v) is 5.27. The van der Waals surface area contributed by atoms with Gasteiger partial charge in [-0.25, -0.2) is 0 Å².